The molecular formula is C10H22N2. The smallest absolute Gasteiger partial charge is 0.0552 e. The average molecular weight is 170 g/mol. The van der Waals surface area contributed by atoms with Crippen molar-refractivity contribution >= 4 is 5.71 Å². The molecule has 0 heterocycles. The molecule has 0 spiro atoms. The Morgan fingerprint density at radius 3 is 2.00 bits per heavy atom. The van der Waals surface area contributed by atoms with Crippen LogP contribution in [0.1, 0.15) is 41.0 Å². The molecular weight excluding hydrogens is 148 g/mol. The minimum atomic E-state index is -0.0613. The zero-order chi connectivity index (χ0) is 9.94. The zero-order valence-corrected chi connectivity index (χ0v) is 9.23. The monoisotopic (exact) mass is 170 g/mol. The molecule has 72 valence electrons. The number of nitrogens with zero attached hydrogens (tertiary/aromatic N) is 1. The van der Waals surface area contributed by atoms with Crippen LogP contribution in [0.15, 0.2) is 0 Å². The molecule has 1 atom stereocenters. The van der Waals surface area contributed by atoms with Crippen LogP contribution in [-0.4, -0.2) is 29.2 Å². The quantitative estimate of drug-likeness (QED) is 0.645. The molecule has 0 saturated heterocycles. The van der Waals surface area contributed by atoms with Crippen molar-refractivity contribution in [2.75, 3.05) is 7.05 Å². The van der Waals surface area contributed by atoms with Gasteiger partial charge in [0.05, 0.1) is 5.54 Å². The Morgan fingerprint density at radius 2 is 1.92 bits per heavy atom. The van der Waals surface area contributed by atoms with E-state index in [1.54, 1.807) is 0 Å². The maximum absolute atomic E-state index is 7.73. The van der Waals surface area contributed by atoms with Gasteiger partial charge in [0.1, 0.15) is 0 Å². The first-order valence-corrected chi connectivity index (χ1v) is 4.64. The van der Waals surface area contributed by atoms with Crippen LogP contribution >= 0.6 is 0 Å². The summed E-state index contributed by atoms with van der Waals surface area (Å²) in [5, 5.41) is 7.73. The van der Waals surface area contributed by atoms with Crippen molar-refractivity contribution in [3.05, 3.63) is 0 Å². The first kappa shape index (κ1) is 11.6. The summed E-state index contributed by atoms with van der Waals surface area (Å²) >= 11 is 0. The second kappa shape index (κ2) is 4.04. The highest BCUT2D eigenvalue weighted by molar-refractivity contribution is 5.88. The maximum Gasteiger partial charge on any atom is 0.0552 e. The predicted octanol–water partition coefficient (Wildman–Crippen LogP) is 2.53. The topological polar surface area (TPSA) is 27.1 Å². The van der Waals surface area contributed by atoms with E-state index in [1.807, 2.05) is 6.92 Å². The van der Waals surface area contributed by atoms with E-state index < -0.39 is 0 Å². The minimum absolute atomic E-state index is 0.0613. The van der Waals surface area contributed by atoms with Crippen molar-refractivity contribution in [3.8, 4) is 0 Å². The van der Waals surface area contributed by atoms with E-state index in [2.05, 4.69) is 39.6 Å². The lowest BCUT2D eigenvalue weighted by molar-refractivity contribution is 0.155. The minimum Gasteiger partial charge on any atom is -0.308 e. The van der Waals surface area contributed by atoms with Crippen LogP contribution in [0.2, 0.25) is 0 Å². The molecule has 0 radical (unpaired) electrons. The SMILES string of the molecule is CCC(C)(C(C)=N)N(C)C(C)C. The lowest BCUT2D eigenvalue weighted by Gasteiger charge is -2.40. The second-order valence-corrected chi connectivity index (χ2v) is 3.96. The van der Waals surface area contributed by atoms with Crippen LogP contribution in [0.25, 0.3) is 0 Å². The molecule has 0 aliphatic heterocycles. The van der Waals surface area contributed by atoms with Gasteiger partial charge in [0.2, 0.25) is 0 Å². The Hall–Kier alpha value is -0.370. The largest absolute Gasteiger partial charge is 0.308 e. The highest BCUT2D eigenvalue weighted by Crippen LogP contribution is 2.21. The van der Waals surface area contributed by atoms with Crippen LogP contribution in [0.4, 0.5) is 0 Å². The third kappa shape index (κ3) is 2.07. The molecule has 2 nitrogen and oxygen atoms in total. The van der Waals surface area contributed by atoms with Crippen molar-refractivity contribution in [1.29, 1.82) is 5.41 Å². The Labute approximate surface area is 76.5 Å². The number of nitrogens with one attached hydrogen (secondary N) is 1. The lowest BCUT2D eigenvalue weighted by Crippen LogP contribution is -2.51. The summed E-state index contributed by atoms with van der Waals surface area (Å²) in [4.78, 5) is 2.26. The summed E-state index contributed by atoms with van der Waals surface area (Å²) in [6.45, 7) is 10.5. The first-order valence-electron chi connectivity index (χ1n) is 4.64. The Balaban J connectivity index is 4.63. The van der Waals surface area contributed by atoms with Gasteiger partial charge in [-0.1, -0.05) is 6.92 Å². The van der Waals surface area contributed by atoms with Gasteiger partial charge in [-0.05, 0) is 41.2 Å². The van der Waals surface area contributed by atoms with Crippen molar-refractivity contribution in [2.24, 2.45) is 0 Å². The van der Waals surface area contributed by atoms with E-state index in [0.29, 0.717) is 6.04 Å². The molecule has 12 heavy (non-hydrogen) atoms. The van der Waals surface area contributed by atoms with Crippen LogP contribution in [0, 0.1) is 5.41 Å². The molecule has 0 aromatic rings. The Kier molecular flexibility index (Phi) is 3.91. The molecule has 0 saturated carbocycles. The molecule has 0 aromatic heterocycles. The van der Waals surface area contributed by atoms with Gasteiger partial charge < -0.3 is 5.41 Å². The summed E-state index contributed by atoms with van der Waals surface area (Å²) in [5.41, 5.74) is 0.690. The van der Waals surface area contributed by atoms with Crippen LogP contribution < -0.4 is 0 Å². The average Bonchev–Trinajstić information content (AvgIpc) is 2.01. The first-order chi connectivity index (χ1) is 5.36. The molecule has 0 amide bonds. The van der Waals surface area contributed by atoms with E-state index in [9.17, 15) is 0 Å². The summed E-state index contributed by atoms with van der Waals surface area (Å²) < 4.78 is 0. The fraction of sp³-hybridized carbons (Fsp3) is 0.900. The van der Waals surface area contributed by atoms with Crippen molar-refractivity contribution in [1.82, 2.24) is 4.90 Å². The van der Waals surface area contributed by atoms with E-state index in [-0.39, 0.29) is 5.54 Å². The number of hydrogen-bond acceptors (Lipinski definition) is 2. The standard InChI is InChI=1S/C10H22N2/c1-7-10(5,9(4)11)12(6)8(2)3/h8,11H,7H2,1-6H3. The number of hydrogen-bond donors (Lipinski definition) is 1. The van der Waals surface area contributed by atoms with Gasteiger partial charge in [0.25, 0.3) is 0 Å². The molecule has 0 fully saturated rings. The van der Waals surface area contributed by atoms with Crippen molar-refractivity contribution < 1.29 is 0 Å². The van der Waals surface area contributed by atoms with Gasteiger partial charge in [-0.25, -0.2) is 0 Å². The van der Waals surface area contributed by atoms with E-state index >= 15 is 0 Å². The summed E-state index contributed by atoms with van der Waals surface area (Å²) in [7, 11) is 2.09. The summed E-state index contributed by atoms with van der Waals surface area (Å²) in [6.07, 6.45) is 0.997. The molecule has 0 bridgehead atoms. The van der Waals surface area contributed by atoms with E-state index in [1.165, 1.54) is 0 Å². The fourth-order valence-electron chi connectivity index (χ4n) is 1.35. The summed E-state index contributed by atoms with van der Waals surface area (Å²) in [5.74, 6) is 0. The van der Waals surface area contributed by atoms with Crippen LogP contribution in [0.3, 0.4) is 0 Å². The van der Waals surface area contributed by atoms with Gasteiger partial charge in [0, 0.05) is 11.8 Å². The molecule has 0 rings (SSSR count). The third-order valence-corrected chi connectivity index (χ3v) is 3.05. The molecule has 0 aliphatic rings. The molecule has 1 unspecified atom stereocenters. The molecule has 0 aromatic carbocycles. The second-order valence-electron chi connectivity index (χ2n) is 3.96. The van der Waals surface area contributed by atoms with Gasteiger partial charge >= 0.3 is 0 Å². The van der Waals surface area contributed by atoms with E-state index in [0.717, 1.165) is 12.1 Å². The fourth-order valence-corrected chi connectivity index (χ4v) is 1.35. The highest BCUT2D eigenvalue weighted by Gasteiger charge is 2.30. The zero-order valence-electron chi connectivity index (χ0n) is 9.23. The molecule has 1 N–H and O–H groups in total. The lowest BCUT2D eigenvalue weighted by atomic mass is 9.90. The van der Waals surface area contributed by atoms with E-state index in [4.69, 9.17) is 5.41 Å². The maximum atomic E-state index is 7.73. The van der Waals surface area contributed by atoms with Gasteiger partial charge in [-0.2, -0.15) is 0 Å². The van der Waals surface area contributed by atoms with Gasteiger partial charge in [-0.3, -0.25) is 4.90 Å². The Morgan fingerprint density at radius 1 is 1.50 bits per heavy atom. The van der Waals surface area contributed by atoms with Crippen molar-refractivity contribution in [3.63, 3.8) is 0 Å². The van der Waals surface area contributed by atoms with Gasteiger partial charge in [0.15, 0.2) is 0 Å². The molecule has 0 aliphatic carbocycles. The highest BCUT2D eigenvalue weighted by atomic mass is 15.2. The van der Waals surface area contributed by atoms with Gasteiger partial charge in [-0.15, -0.1) is 0 Å². The predicted molar refractivity (Wildman–Crippen MR) is 55.0 cm³/mol. The van der Waals surface area contributed by atoms with Crippen LogP contribution in [0.5, 0.6) is 0 Å². The van der Waals surface area contributed by atoms with Crippen LogP contribution in [-0.2, 0) is 0 Å². The Bertz CT molecular complexity index is 163. The third-order valence-electron chi connectivity index (χ3n) is 3.05. The number of rotatable bonds is 4. The van der Waals surface area contributed by atoms with Crippen molar-refractivity contribution in [2.45, 2.75) is 52.6 Å². The summed E-state index contributed by atoms with van der Waals surface area (Å²) in [6, 6.07) is 0.496. The molecule has 2 heteroatoms. The normalized spacial score (nSPS) is 16.7.